The lowest BCUT2D eigenvalue weighted by Gasteiger charge is -2.49. The van der Waals surface area contributed by atoms with E-state index in [9.17, 15) is 32.9 Å². The second-order valence-corrected chi connectivity index (χ2v) is 12.4. The van der Waals surface area contributed by atoms with Gasteiger partial charge in [-0.15, -0.1) is 11.8 Å². The van der Waals surface area contributed by atoms with Crippen molar-refractivity contribution in [2.75, 3.05) is 5.75 Å². The number of fused-ring (bicyclic) bond motifs is 1. The summed E-state index contributed by atoms with van der Waals surface area (Å²) in [5, 5.41) is 12.9. The zero-order valence-electron chi connectivity index (χ0n) is 22.7. The number of nitrogens with one attached hydrogen (secondary N) is 1. The molecule has 2 amide bonds. The normalized spacial score (nSPS) is 17.9. The van der Waals surface area contributed by atoms with E-state index in [1.165, 1.54) is 36.4 Å². The Bertz CT molecular complexity index is 1710. The topological polar surface area (TPSA) is 162 Å². The summed E-state index contributed by atoms with van der Waals surface area (Å²) in [6.07, 6.45) is 0.0468. The first-order chi connectivity index (χ1) is 20.5. The quantitative estimate of drug-likeness (QED) is 0.117. The average molecular weight is 624 g/mol. The highest BCUT2D eigenvalue weighted by Crippen LogP contribution is 2.42. The number of ether oxygens (including phenoxy) is 1. The number of carbonyl (C=O) groups is 3. The molecule has 2 aliphatic heterocycles. The van der Waals surface area contributed by atoms with Crippen molar-refractivity contribution in [2.24, 2.45) is 0 Å². The first-order valence-corrected chi connectivity index (χ1v) is 15.4. The van der Waals surface area contributed by atoms with Crippen molar-refractivity contribution in [3.8, 4) is 0 Å². The van der Waals surface area contributed by atoms with Gasteiger partial charge in [-0.1, -0.05) is 48.0 Å². The van der Waals surface area contributed by atoms with Crippen LogP contribution in [0.4, 0.5) is 5.69 Å². The molecule has 3 aromatic rings. The molecule has 1 fully saturated rings. The lowest BCUT2D eigenvalue weighted by atomic mass is 10.0. The number of nitro benzene ring substituents is 1. The summed E-state index contributed by atoms with van der Waals surface area (Å²) in [6, 6.07) is 19.3. The van der Waals surface area contributed by atoms with Crippen LogP contribution in [0, 0.1) is 17.0 Å². The summed E-state index contributed by atoms with van der Waals surface area (Å²) >= 11 is 1.13. The minimum absolute atomic E-state index is 0.0468. The minimum atomic E-state index is -4.38. The van der Waals surface area contributed by atoms with E-state index >= 15 is 0 Å². The van der Waals surface area contributed by atoms with E-state index in [1.807, 2.05) is 6.07 Å². The van der Waals surface area contributed by atoms with E-state index in [0.29, 0.717) is 5.56 Å². The Morgan fingerprint density at radius 3 is 2.35 bits per heavy atom. The number of rotatable bonds is 10. The van der Waals surface area contributed by atoms with Crippen LogP contribution in [0.5, 0.6) is 0 Å². The Balaban J connectivity index is 1.38. The fourth-order valence-corrected chi connectivity index (χ4v) is 6.76. The van der Waals surface area contributed by atoms with Gasteiger partial charge in [0.2, 0.25) is 5.91 Å². The summed E-state index contributed by atoms with van der Waals surface area (Å²) in [6.45, 7) is 1.48. The second-order valence-electron chi connectivity index (χ2n) is 9.74. The highest BCUT2D eigenvalue weighted by atomic mass is 32.2. The molecule has 1 unspecified atom stereocenters. The van der Waals surface area contributed by atoms with Crippen LogP contribution in [0.15, 0.2) is 95.2 Å². The number of thioether (sulfide) groups is 1. The number of nitro groups is 1. The zero-order valence-corrected chi connectivity index (χ0v) is 24.3. The Morgan fingerprint density at radius 2 is 1.70 bits per heavy atom. The molecular weight excluding hydrogens is 598 g/mol. The summed E-state index contributed by atoms with van der Waals surface area (Å²) < 4.78 is 37.0. The van der Waals surface area contributed by atoms with Crippen LogP contribution < -0.4 is 5.32 Å². The second kappa shape index (κ2) is 12.3. The predicted octanol–water partition coefficient (Wildman–Crippen LogP) is 3.21. The highest BCUT2D eigenvalue weighted by Gasteiger charge is 2.55. The van der Waals surface area contributed by atoms with E-state index in [-0.39, 0.29) is 46.7 Å². The molecule has 0 aliphatic carbocycles. The molecular formula is C29H25N3O9S2. The molecule has 1 saturated heterocycles. The Hall–Kier alpha value is -4.69. The van der Waals surface area contributed by atoms with Gasteiger partial charge >= 0.3 is 16.1 Å². The molecule has 43 heavy (non-hydrogen) atoms. The third-order valence-electron chi connectivity index (χ3n) is 6.69. The SMILES string of the molecule is Cc1ccc(S(=O)(=O)OC2=C(C(=O)OCc3ccc([N+](=O)[O-])cc3)N3C(=O)C(NC(=O)Cc4ccccc4)[C@@H]3SC2)cc1. The smallest absolute Gasteiger partial charge is 0.359 e. The fourth-order valence-electron chi connectivity index (χ4n) is 4.47. The monoisotopic (exact) mass is 623 g/mol. The van der Waals surface area contributed by atoms with E-state index in [1.54, 1.807) is 43.3 Å². The predicted molar refractivity (Wildman–Crippen MR) is 155 cm³/mol. The Kier molecular flexibility index (Phi) is 8.50. The summed E-state index contributed by atoms with van der Waals surface area (Å²) in [5.41, 5.74) is 1.48. The lowest BCUT2D eigenvalue weighted by Crippen LogP contribution is -2.70. The maximum Gasteiger partial charge on any atom is 0.359 e. The largest absolute Gasteiger partial charge is 0.456 e. The Morgan fingerprint density at radius 1 is 1.02 bits per heavy atom. The first kappa shape index (κ1) is 29.8. The summed E-state index contributed by atoms with van der Waals surface area (Å²) in [4.78, 5) is 50.6. The van der Waals surface area contributed by atoms with Gasteiger partial charge in [-0.05, 0) is 42.3 Å². The van der Waals surface area contributed by atoms with Crippen LogP contribution in [-0.2, 0) is 46.4 Å². The number of non-ortho nitro benzene ring substituents is 1. The molecule has 2 heterocycles. The zero-order chi connectivity index (χ0) is 30.7. The van der Waals surface area contributed by atoms with Crippen LogP contribution in [0.2, 0.25) is 0 Å². The van der Waals surface area contributed by atoms with Gasteiger partial charge in [0.05, 0.1) is 17.1 Å². The third-order valence-corrected chi connectivity index (χ3v) is 9.21. The van der Waals surface area contributed by atoms with Gasteiger partial charge in [0.15, 0.2) is 11.5 Å². The molecule has 0 spiro atoms. The molecule has 2 atom stereocenters. The van der Waals surface area contributed by atoms with E-state index in [0.717, 1.165) is 27.8 Å². The van der Waals surface area contributed by atoms with E-state index in [2.05, 4.69) is 5.32 Å². The van der Waals surface area contributed by atoms with Gasteiger partial charge in [-0.2, -0.15) is 8.42 Å². The fraction of sp³-hybridized carbons (Fsp3) is 0.207. The molecule has 0 radical (unpaired) electrons. The standard InChI is InChI=1S/C29H25N3O9S2/c1-18-7-13-22(14-8-18)43(38,39)41-23-17-42-28-25(30-24(33)15-19-5-3-2-4-6-19)27(34)31(28)26(23)29(35)40-16-20-9-11-21(12-10-20)32(36)37/h2-14,25,28H,15-17H2,1H3,(H,30,33)/t25?,28-/m0/s1. The summed E-state index contributed by atoms with van der Waals surface area (Å²) in [7, 11) is -4.38. The number of hydrogen-bond donors (Lipinski definition) is 1. The molecule has 2 aliphatic rings. The van der Waals surface area contributed by atoms with Crippen molar-refractivity contribution in [1.29, 1.82) is 0 Å². The Labute approximate surface area is 250 Å². The van der Waals surface area contributed by atoms with Crippen LogP contribution in [0.3, 0.4) is 0 Å². The maximum atomic E-state index is 13.4. The molecule has 0 bridgehead atoms. The molecule has 0 saturated carbocycles. The number of nitrogens with zero attached hydrogens (tertiary/aromatic N) is 2. The maximum absolute atomic E-state index is 13.4. The van der Waals surface area contributed by atoms with Crippen LogP contribution >= 0.6 is 11.8 Å². The number of β-lactam (4-membered cyclic amide) rings is 1. The van der Waals surface area contributed by atoms with E-state index < -0.39 is 38.3 Å². The lowest BCUT2D eigenvalue weighted by molar-refractivity contribution is -0.384. The number of carbonyl (C=O) groups excluding carboxylic acids is 3. The first-order valence-electron chi connectivity index (χ1n) is 13.0. The van der Waals surface area contributed by atoms with Crippen LogP contribution in [-0.4, -0.2) is 53.2 Å². The summed E-state index contributed by atoms with van der Waals surface area (Å²) in [5.74, 6) is -2.44. The van der Waals surface area contributed by atoms with Gasteiger partial charge in [0.1, 0.15) is 22.9 Å². The van der Waals surface area contributed by atoms with Crippen LogP contribution in [0.1, 0.15) is 16.7 Å². The molecule has 3 aromatic carbocycles. The number of amides is 2. The van der Waals surface area contributed by atoms with Gasteiger partial charge in [0.25, 0.3) is 11.6 Å². The average Bonchev–Trinajstić information content (AvgIpc) is 2.99. The molecule has 12 nitrogen and oxygen atoms in total. The van der Waals surface area contributed by atoms with Crippen molar-refractivity contribution in [2.45, 2.75) is 36.3 Å². The molecule has 0 aromatic heterocycles. The van der Waals surface area contributed by atoms with Crippen molar-refractivity contribution < 1.29 is 36.6 Å². The van der Waals surface area contributed by atoms with Gasteiger partial charge in [-0.3, -0.25) is 24.6 Å². The number of benzene rings is 3. The van der Waals surface area contributed by atoms with Gasteiger partial charge < -0.3 is 14.2 Å². The molecule has 1 N–H and O–H groups in total. The molecule has 14 heteroatoms. The minimum Gasteiger partial charge on any atom is -0.456 e. The third kappa shape index (κ3) is 6.54. The number of hydrogen-bond acceptors (Lipinski definition) is 10. The van der Waals surface area contributed by atoms with Crippen molar-refractivity contribution in [3.63, 3.8) is 0 Å². The van der Waals surface area contributed by atoms with Crippen molar-refractivity contribution in [1.82, 2.24) is 10.2 Å². The van der Waals surface area contributed by atoms with E-state index in [4.69, 9.17) is 8.92 Å². The highest BCUT2D eigenvalue weighted by molar-refractivity contribution is 8.00. The van der Waals surface area contributed by atoms with Crippen molar-refractivity contribution in [3.05, 3.63) is 117 Å². The number of aryl methyl sites for hydroxylation is 1. The molecule has 222 valence electrons. The van der Waals surface area contributed by atoms with Crippen LogP contribution in [0.25, 0.3) is 0 Å². The molecule has 5 rings (SSSR count). The van der Waals surface area contributed by atoms with Gasteiger partial charge in [-0.25, -0.2) is 4.79 Å². The number of esters is 1. The van der Waals surface area contributed by atoms with Gasteiger partial charge in [0, 0.05) is 12.1 Å². The van der Waals surface area contributed by atoms with Crippen molar-refractivity contribution >= 4 is 45.4 Å².